The van der Waals surface area contributed by atoms with Crippen LogP contribution in [0.25, 0.3) is 0 Å². The summed E-state index contributed by atoms with van der Waals surface area (Å²) in [6.45, 7) is 2.42. The first kappa shape index (κ1) is 12.9. The summed E-state index contributed by atoms with van der Waals surface area (Å²) < 4.78 is 10.3. The Kier molecular flexibility index (Phi) is 4.22. The third-order valence-electron chi connectivity index (χ3n) is 2.49. The number of aromatic nitrogens is 1. The van der Waals surface area contributed by atoms with Gasteiger partial charge in [0, 0.05) is 13.1 Å². The third-order valence-corrected chi connectivity index (χ3v) is 2.76. The number of hydrogen-bond donors (Lipinski definition) is 1. The lowest BCUT2D eigenvalue weighted by Crippen LogP contribution is -2.36. The Morgan fingerprint density at radius 2 is 2.22 bits per heavy atom. The number of nitrogens with zero attached hydrogens (tertiary/aromatic N) is 2. The van der Waals surface area contributed by atoms with Crippen LogP contribution in [0.2, 0.25) is 5.15 Å². The molecule has 1 aromatic heterocycles. The number of carbonyl (C=O) groups is 1. The van der Waals surface area contributed by atoms with Crippen molar-refractivity contribution in [3.63, 3.8) is 0 Å². The Bertz CT molecular complexity index is 435. The molecular weight excluding hydrogens is 260 g/mol. The number of aliphatic carboxylic acids is 1. The monoisotopic (exact) mass is 272 g/mol. The highest BCUT2D eigenvalue weighted by Crippen LogP contribution is 2.25. The topological polar surface area (TPSA) is 71.9 Å². The van der Waals surface area contributed by atoms with Gasteiger partial charge in [-0.25, -0.2) is 9.78 Å². The Balaban J connectivity index is 2.06. The van der Waals surface area contributed by atoms with Gasteiger partial charge in [-0.3, -0.25) is 0 Å². The molecule has 1 fully saturated rings. The third kappa shape index (κ3) is 3.24. The normalized spacial score (nSPS) is 15.5. The summed E-state index contributed by atoms with van der Waals surface area (Å²) in [6, 6.07) is 3.39. The maximum Gasteiger partial charge on any atom is 0.341 e. The fourth-order valence-electron chi connectivity index (χ4n) is 1.63. The SMILES string of the molecule is O=C(O)COc1ccc(N2CCOCC2)nc1Cl. The van der Waals surface area contributed by atoms with Crippen LogP contribution in [-0.4, -0.2) is 49.0 Å². The molecule has 0 spiro atoms. The fourth-order valence-corrected chi connectivity index (χ4v) is 1.83. The molecule has 1 N–H and O–H groups in total. The van der Waals surface area contributed by atoms with E-state index < -0.39 is 12.6 Å². The number of carboxylic acid groups (broad SMARTS) is 1. The second-order valence-electron chi connectivity index (χ2n) is 3.74. The summed E-state index contributed by atoms with van der Waals surface area (Å²) in [5, 5.41) is 8.68. The van der Waals surface area contributed by atoms with E-state index in [0.717, 1.165) is 18.9 Å². The van der Waals surface area contributed by atoms with Gasteiger partial charge >= 0.3 is 5.97 Å². The molecular formula is C11H13ClN2O4. The molecule has 18 heavy (non-hydrogen) atoms. The van der Waals surface area contributed by atoms with Gasteiger partial charge in [-0.1, -0.05) is 11.6 Å². The van der Waals surface area contributed by atoms with Crippen LogP contribution >= 0.6 is 11.6 Å². The predicted molar refractivity (Wildman–Crippen MR) is 65.4 cm³/mol. The van der Waals surface area contributed by atoms with E-state index in [1.807, 2.05) is 0 Å². The van der Waals surface area contributed by atoms with E-state index in [1.165, 1.54) is 0 Å². The number of morpholine rings is 1. The van der Waals surface area contributed by atoms with Crippen LogP contribution in [0.15, 0.2) is 12.1 Å². The summed E-state index contributed by atoms with van der Waals surface area (Å²) in [4.78, 5) is 16.6. The first-order chi connectivity index (χ1) is 8.66. The van der Waals surface area contributed by atoms with Crippen LogP contribution in [-0.2, 0) is 9.53 Å². The first-order valence-electron chi connectivity index (χ1n) is 5.50. The fraction of sp³-hybridized carbons (Fsp3) is 0.455. The van der Waals surface area contributed by atoms with Crippen molar-refractivity contribution in [3.05, 3.63) is 17.3 Å². The zero-order valence-corrected chi connectivity index (χ0v) is 10.4. The van der Waals surface area contributed by atoms with Crippen LogP contribution in [0.4, 0.5) is 5.82 Å². The van der Waals surface area contributed by atoms with E-state index in [2.05, 4.69) is 9.88 Å². The van der Waals surface area contributed by atoms with Gasteiger partial charge in [-0.15, -0.1) is 0 Å². The van der Waals surface area contributed by atoms with E-state index >= 15 is 0 Å². The van der Waals surface area contributed by atoms with Gasteiger partial charge in [0.1, 0.15) is 5.82 Å². The van der Waals surface area contributed by atoms with Gasteiger partial charge in [0.25, 0.3) is 0 Å². The van der Waals surface area contributed by atoms with E-state index in [0.29, 0.717) is 13.2 Å². The number of pyridine rings is 1. The van der Waals surface area contributed by atoms with Crippen molar-refractivity contribution in [2.24, 2.45) is 0 Å². The number of halogens is 1. The Morgan fingerprint density at radius 3 is 2.83 bits per heavy atom. The first-order valence-corrected chi connectivity index (χ1v) is 5.88. The van der Waals surface area contributed by atoms with Gasteiger partial charge in [0.05, 0.1) is 13.2 Å². The molecule has 1 aliphatic heterocycles. The molecule has 98 valence electrons. The second-order valence-corrected chi connectivity index (χ2v) is 4.10. The summed E-state index contributed by atoms with van der Waals surface area (Å²) in [5.41, 5.74) is 0. The molecule has 0 saturated carbocycles. The summed E-state index contributed by atoms with van der Waals surface area (Å²) >= 11 is 5.95. The van der Waals surface area contributed by atoms with Crippen molar-refractivity contribution in [1.29, 1.82) is 0 Å². The Labute approximate surface area is 109 Å². The zero-order valence-electron chi connectivity index (χ0n) is 9.63. The molecule has 0 bridgehead atoms. The van der Waals surface area contributed by atoms with Crippen molar-refractivity contribution < 1.29 is 19.4 Å². The second kappa shape index (κ2) is 5.88. The number of anilines is 1. The van der Waals surface area contributed by atoms with E-state index in [9.17, 15) is 4.79 Å². The molecule has 0 amide bonds. The average Bonchev–Trinajstić information content (AvgIpc) is 2.38. The zero-order chi connectivity index (χ0) is 13.0. The molecule has 6 nitrogen and oxygen atoms in total. The highest BCUT2D eigenvalue weighted by atomic mass is 35.5. The largest absolute Gasteiger partial charge is 0.479 e. The molecule has 1 saturated heterocycles. The molecule has 0 aliphatic carbocycles. The number of ether oxygens (including phenoxy) is 2. The lowest BCUT2D eigenvalue weighted by atomic mass is 10.3. The summed E-state index contributed by atoms with van der Waals surface area (Å²) in [7, 11) is 0. The minimum absolute atomic E-state index is 0.167. The van der Waals surface area contributed by atoms with E-state index in [4.69, 9.17) is 26.2 Å². The molecule has 0 atom stereocenters. The van der Waals surface area contributed by atoms with E-state index in [-0.39, 0.29) is 10.9 Å². The maximum atomic E-state index is 10.4. The van der Waals surface area contributed by atoms with Gasteiger partial charge in [-0.2, -0.15) is 0 Å². The smallest absolute Gasteiger partial charge is 0.341 e. The minimum Gasteiger partial charge on any atom is -0.479 e. The summed E-state index contributed by atoms with van der Waals surface area (Å²) in [6.07, 6.45) is 0. The van der Waals surface area contributed by atoms with E-state index in [1.54, 1.807) is 12.1 Å². The maximum absolute atomic E-state index is 10.4. The number of carboxylic acids is 1. The van der Waals surface area contributed by atoms with Gasteiger partial charge in [0.15, 0.2) is 17.5 Å². The van der Waals surface area contributed by atoms with Crippen molar-refractivity contribution in [3.8, 4) is 5.75 Å². The Hall–Kier alpha value is -1.53. The molecule has 0 radical (unpaired) electrons. The molecule has 1 aromatic rings. The summed E-state index contributed by atoms with van der Waals surface area (Å²) in [5.74, 6) is -0.0367. The predicted octanol–water partition coefficient (Wildman–Crippen LogP) is 1.03. The highest BCUT2D eigenvalue weighted by molar-refractivity contribution is 6.30. The van der Waals surface area contributed by atoms with Crippen molar-refractivity contribution in [2.75, 3.05) is 37.8 Å². The van der Waals surface area contributed by atoms with Crippen LogP contribution in [0.1, 0.15) is 0 Å². The lowest BCUT2D eigenvalue weighted by molar-refractivity contribution is -0.139. The number of hydrogen-bond acceptors (Lipinski definition) is 5. The number of rotatable bonds is 4. The van der Waals surface area contributed by atoms with Crippen LogP contribution in [0.3, 0.4) is 0 Å². The van der Waals surface area contributed by atoms with Gasteiger partial charge < -0.3 is 19.5 Å². The van der Waals surface area contributed by atoms with Crippen molar-refractivity contribution >= 4 is 23.4 Å². The molecule has 7 heteroatoms. The standard InChI is InChI=1S/C11H13ClN2O4/c12-11-8(18-7-10(15)16)1-2-9(13-11)14-3-5-17-6-4-14/h1-2H,3-7H2,(H,15,16). The quantitative estimate of drug-likeness (QED) is 0.826. The molecule has 0 aromatic carbocycles. The molecule has 0 unspecified atom stereocenters. The van der Waals surface area contributed by atoms with Crippen LogP contribution < -0.4 is 9.64 Å². The Morgan fingerprint density at radius 1 is 1.50 bits per heavy atom. The van der Waals surface area contributed by atoms with Crippen molar-refractivity contribution in [2.45, 2.75) is 0 Å². The highest BCUT2D eigenvalue weighted by Gasteiger charge is 2.14. The van der Waals surface area contributed by atoms with Gasteiger partial charge in [0.2, 0.25) is 0 Å². The average molecular weight is 273 g/mol. The molecule has 2 heterocycles. The lowest BCUT2D eigenvalue weighted by Gasteiger charge is -2.27. The van der Waals surface area contributed by atoms with Gasteiger partial charge in [-0.05, 0) is 12.1 Å². The molecule has 1 aliphatic rings. The molecule has 2 rings (SSSR count). The van der Waals surface area contributed by atoms with Crippen molar-refractivity contribution in [1.82, 2.24) is 4.98 Å². The van der Waals surface area contributed by atoms with Crippen LogP contribution in [0.5, 0.6) is 5.75 Å². The minimum atomic E-state index is -1.05. The van der Waals surface area contributed by atoms with Crippen LogP contribution in [0, 0.1) is 0 Å².